The molecule has 4 atom stereocenters. The van der Waals surface area contributed by atoms with E-state index >= 15 is 0 Å². The molecule has 1 aromatic rings. The summed E-state index contributed by atoms with van der Waals surface area (Å²) < 4.78 is 0. The van der Waals surface area contributed by atoms with Gasteiger partial charge in [-0.05, 0) is 73.8 Å². The standard InChI is InChI=1S/C19H27N/c1-13(19-11-15-4-7-18(19)10-15)20-12-14-2-5-16(6-3-14)17-8-9-17/h2-3,5-6,13,15,17-20H,4,7-12H2,1H3. The molecule has 3 aliphatic rings. The van der Waals surface area contributed by atoms with Crippen LogP contribution in [0.25, 0.3) is 0 Å². The first-order valence-corrected chi connectivity index (χ1v) is 8.62. The fourth-order valence-electron chi connectivity index (χ4n) is 4.66. The second-order valence-corrected chi connectivity index (χ2v) is 7.52. The zero-order valence-electron chi connectivity index (χ0n) is 12.6. The van der Waals surface area contributed by atoms with Gasteiger partial charge in [-0.2, -0.15) is 0 Å². The van der Waals surface area contributed by atoms with E-state index in [9.17, 15) is 0 Å². The lowest BCUT2D eigenvalue weighted by atomic mass is 9.84. The number of hydrogen-bond donors (Lipinski definition) is 1. The molecular formula is C19H27N. The van der Waals surface area contributed by atoms with Crippen LogP contribution >= 0.6 is 0 Å². The second kappa shape index (κ2) is 5.18. The number of rotatable bonds is 5. The van der Waals surface area contributed by atoms with Crippen LogP contribution in [0.4, 0.5) is 0 Å². The predicted molar refractivity (Wildman–Crippen MR) is 83.7 cm³/mol. The van der Waals surface area contributed by atoms with Crippen molar-refractivity contribution in [2.45, 2.75) is 64.0 Å². The van der Waals surface area contributed by atoms with E-state index < -0.39 is 0 Å². The molecule has 1 nitrogen and oxygen atoms in total. The molecule has 0 spiro atoms. The van der Waals surface area contributed by atoms with Gasteiger partial charge in [-0.1, -0.05) is 30.7 Å². The highest BCUT2D eigenvalue weighted by Crippen LogP contribution is 2.49. The normalized spacial score (nSPS) is 33.5. The van der Waals surface area contributed by atoms with Crippen molar-refractivity contribution in [1.29, 1.82) is 0 Å². The number of nitrogens with one attached hydrogen (secondary N) is 1. The van der Waals surface area contributed by atoms with Crippen LogP contribution in [0, 0.1) is 17.8 Å². The third-order valence-electron chi connectivity index (χ3n) is 6.09. The van der Waals surface area contributed by atoms with Crippen LogP contribution in [0.2, 0.25) is 0 Å². The lowest BCUT2D eigenvalue weighted by Gasteiger charge is -2.28. The quantitative estimate of drug-likeness (QED) is 0.831. The highest BCUT2D eigenvalue weighted by Gasteiger charge is 2.41. The first-order chi connectivity index (χ1) is 9.79. The molecule has 2 bridgehead atoms. The molecule has 4 rings (SSSR count). The van der Waals surface area contributed by atoms with Gasteiger partial charge in [-0.25, -0.2) is 0 Å². The maximum Gasteiger partial charge on any atom is 0.0208 e. The Morgan fingerprint density at radius 3 is 2.45 bits per heavy atom. The Kier molecular flexibility index (Phi) is 3.34. The van der Waals surface area contributed by atoms with Gasteiger partial charge in [-0.3, -0.25) is 0 Å². The summed E-state index contributed by atoms with van der Waals surface area (Å²) in [5, 5.41) is 3.79. The molecule has 1 heteroatoms. The Morgan fingerprint density at radius 1 is 1.05 bits per heavy atom. The van der Waals surface area contributed by atoms with E-state index in [2.05, 4.69) is 36.5 Å². The monoisotopic (exact) mass is 269 g/mol. The van der Waals surface area contributed by atoms with Gasteiger partial charge >= 0.3 is 0 Å². The summed E-state index contributed by atoms with van der Waals surface area (Å²) in [7, 11) is 0. The summed E-state index contributed by atoms with van der Waals surface area (Å²) in [6, 6.07) is 10.0. The van der Waals surface area contributed by atoms with Gasteiger partial charge in [0.2, 0.25) is 0 Å². The maximum absolute atomic E-state index is 3.79. The maximum atomic E-state index is 3.79. The summed E-state index contributed by atoms with van der Waals surface area (Å²) in [5.74, 6) is 3.91. The molecule has 3 fully saturated rings. The molecule has 4 unspecified atom stereocenters. The molecule has 1 aromatic carbocycles. The topological polar surface area (TPSA) is 12.0 Å². The average Bonchev–Trinajstić information content (AvgIpc) is 3.12. The van der Waals surface area contributed by atoms with Crippen LogP contribution in [0.3, 0.4) is 0 Å². The van der Waals surface area contributed by atoms with Crippen LogP contribution in [0.1, 0.15) is 62.5 Å². The van der Waals surface area contributed by atoms with E-state index in [1.165, 1.54) is 44.1 Å². The predicted octanol–water partition coefficient (Wildman–Crippen LogP) is 4.48. The molecule has 1 N–H and O–H groups in total. The van der Waals surface area contributed by atoms with Gasteiger partial charge in [0.05, 0.1) is 0 Å². The lowest BCUT2D eigenvalue weighted by molar-refractivity contribution is 0.259. The highest BCUT2D eigenvalue weighted by atomic mass is 14.9. The minimum Gasteiger partial charge on any atom is -0.310 e. The van der Waals surface area contributed by atoms with E-state index in [0.29, 0.717) is 6.04 Å². The van der Waals surface area contributed by atoms with E-state index in [1.54, 1.807) is 5.56 Å². The molecule has 108 valence electrons. The molecular weight excluding hydrogens is 242 g/mol. The van der Waals surface area contributed by atoms with E-state index in [-0.39, 0.29) is 0 Å². The molecule has 0 aliphatic heterocycles. The van der Waals surface area contributed by atoms with Crippen molar-refractivity contribution < 1.29 is 0 Å². The fourth-order valence-corrected chi connectivity index (χ4v) is 4.66. The van der Waals surface area contributed by atoms with Crippen molar-refractivity contribution in [3.8, 4) is 0 Å². The molecule has 0 amide bonds. The molecule has 3 aliphatic carbocycles. The van der Waals surface area contributed by atoms with Crippen molar-refractivity contribution in [3.63, 3.8) is 0 Å². The van der Waals surface area contributed by atoms with Gasteiger partial charge in [0.15, 0.2) is 0 Å². The molecule has 0 saturated heterocycles. The first-order valence-electron chi connectivity index (χ1n) is 8.62. The molecule has 3 saturated carbocycles. The highest BCUT2D eigenvalue weighted by molar-refractivity contribution is 5.28. The lowest BCUT2D eigenvalue weighted by Crippen LogP contribution is -2.35. The third-order valence-corrected chi connectivity index (χ3v) is 6.09. The SMILES string of the molecule is CC(NCc1ccc(C2CC2)cc1)C1CC2CCC1C2. The zero-order valence-corrected chi connectivity index (χ0v) is 12.6. The average molecular weight is 269 g/mol. The van der Waals surface area contributed by atoms with Gasteiger partial charge in [0.1, 0.15) is 0 Å². The van der Waals surface area contributed by atoms with Crippen molar-refractivity contribution in [3.05, 3.63) is 35.4 Å². The largest absolute Gasteiger partial charge is 0.310 e. The van der Waals surface area contributed by atoms with Crippen LogP contribution in [-0.2, 0) is 6.54 Å². The molecule has 0 heterocycles. The fraction of sp³-hybridized carbons (Fsp3) is 0.684. The van der Waals surface area contributed by atoms with E-state index in [0.717, 1.165) is 30.2 Å². The Balaban J connectivity index is 1.31. The zero-order chi connectivity index (χ0) is 13.5. The van der Waals surface area contributed by atoms with E-state index in [1.807, 2.05) is 0 Å². The Hall–Kier alpha value is -0.820. The Labute approximate surface area is 123 Å². The van der Waals surface area contributed by atoms with Crippen LogP contribution < -0.4 is 5.32 Å². The van der Waals surface area contributed by atoms with Crippen molar-refractivity contribution >= 4 is 0 Å². The summed E-state index contributed by atoms with van der Waals surface area (Å²) in [6.07, 6.45) is 8.82. The van der Waals surface area contributed by atoms with Crippen LogP contribution in [0.15, 0.2) is 24.3 Å². The Morgan fingerprint density at radius 2 is 1.85 bits per heavy atom. The van der Waals surface area contributed by atoms with Gasteiger partial charge in [0.25, 0.3) is 0 Å². The molecule has 20 heavy (non-hydrogen) atoms. The minimum atomic E-state index is 0.688. The molecule has 0 aromatic heterocycles. The second-order valence-electron chi connectivity index (χ2n) is 7.52. The summed E-state index contributed by atoms with van der Waals surface area (Å²) >= 11 is 0. The van der Waals surface area contributed by atoms with Crippen LogP contribution in [-0.4, -0.2) is 6.04 Å². The van der Waals surface area contributed by atoms with Crippen molar-refractivity contribution in [1.82, 2.24) is 5.32 Å². The third kappa shape index (κ3) is 2.53. The van der Waals surface area contributed by atoms with Crippen LogP contribution in [0.5, 0.6) is 0 Å². The Bertz CT molecular complexity index is 459. The summed E-state index contributed by atoms with van der Waals surface area (Å²) in [4.78, 5) is 0. The smallest absolute Gasteiger partial charge is 0.0208 e. The first kappa shape index (κ1) is 12.9. The number of hydrogen-bond acceptors (Lipinski definition) is 1. The van der Waals surface area contributed by atoms with Gasteiger partial charge < -0.3 is 5.32 Å². The van der Waals surface area contributed by atoms with Gasteiger partial charge in [-0.15, -0.1) is 0 Å². The molecule has 0 radical (unpaired) electrons. The summed E-state index contributed by atoms with van der Waals surface area (Å²) in [5.41, 5.74) is 3.00. The number of fused-ring (bicyclic) bond motifs is 2. The summed E-state index contributed by atoms with van der Waals surface area (Å²) in [6.45, 7) is 3.45. The van der Waals surface area contributed by atoms with E-state index in [4.69, 9.17) is 0 Å². The van der Waals surface area contributed by atoms with Gasteiger partial charge in [0, 0.05) is 12.6 Å². The van der Waals surface area contributed by atoms with Crippen molar-refractivity contribution in [2.75, 3.05) is 0 Å². The number of benzene rings is 1. The van der Waals surface area contributed by atoms with Crippen molar-refractivity contribution in [2.24, 2.45) is 17.8 Å². The minimum absolute atomic E-state index is 0.688.